The van der Waals surface area contributed by atoms with Gasteiger partial charge < -0.3 is 14.6 Å². The number of fused-ring (bicyclic) bond motifs is 1. The normalized spacial score (nSPS) is 10.7. The molecular weight excluding hydrogens is 288 g/mol. The van der Waals surface area contributed by atoms with Crippen molar-refractivity contribution in [1.29, 1.82) is 0 Å². The Balaban J connectivity index is 1.51. The Kier molecular flexibility index (Phi) is 4.62. The van der Waals surface area contributed by atoms with Gasteiger partial charge in [-0.05, 0) is 35.2 Å². The summed E-state index contributed by atoms with van der Waals surface area (Å²) >= 11 is 0. The number of amides is 1. The third kappa shape index (κ3) is 3.72. The minimum atomic E-state index is 0.0543. The highest BCUT2D eigenvalue weighted by molar-refractivity contribution is 5.80. The molecular formula is C19H20N2O2. The van der Waals surface area contributed by atoms with E-state index in [1.165, 1.54) is 5.39 Å². The molecule has 0 aliphatic carbocycles. The Bertz CT molecular complexity index is 790. The first-order valence-corrected chi connectivity index (χ1v) is 7.70. The van der Waals surface area contributed by atoms with Gasteiger partial charge in [-0.2, -0.15) is 0 Å². The second-order valence-electron chi connectivity index (χ2n) is 5.44. The number of para-hydroxylation sites is 1. The average molecular weight is 308 g/mol. The van der Waals surface area contributed by atoms with E-state index in [1.807, 2.05) is 42.6 Å². The molecule has 0 unspecified atom stereocenters. The second kappa shape index (κ2) is 7.01. The van der Waals surface area contributed by atoms with Gasteiger partial charge in [0.2, 0.25) is 5.91 Å². The van der Waals surface area contributed by atoms with E-state index in [2.05, 4.69) is 28.1 Å². The number of aromatic nitrogens is 1. The molecule has 0 bridgehead atoms. The summed E-state index contributed by atoms with van der Waals surface area (Å²) in [5.74, 6) is 0.873. The van der Waals surface area contributed by atoms with E-state index in [0.29, 0.717) is 19.5 Å². The van der Waals surface area contributed by atoms with Crippen LogP contribution in [0.1, 0.15) is 12.0 Å². The Morgan fingerprint density at radius 1 is 1.09 bits per heavy atom. The zero-order valence-electron chi connectivity index (χ0n) is 13.2. The molecule has 1 amide bonds. The molecule has 1 aromatic heterocycles. The molecule has 0 saturated heterocycles. The fourth-order valence-electron chi connectivity index (χ4n) is 2.59. The molecule has 0 spiro atoms. The van der Waals surface area contributed by atoms with Gasteiger partial charge in [0.15, 0.2) is 0 Å². The number of rotatable bonds is 6. The Hall–Kier alpha value is -2.75. The lowest BCUT2D eigenvalue weighted by atomic mass is 10.2. The molecule has 4 heteroatoms. The standard InChI is InChI=1S/C19H20N2O2/c1-23-17-8-6-15(7-9-17)14-20-19(22)11-13-21-12-10-16-4-2-3-5-18(16)21/h2-10,12H,11,13-14H2,1H3,(H,20,22). The van der Waals surface area contributed by atoms with Crippen molar-refractivity contribution in [2.24, 2.45) is 0 Å². The van der Waals surface area contributed by atoms with Crippen LogP contribution in [0, 0.1) is 0 Å². The molecule has 0 aliphatic rings. The molecule has 0 atom stereocenters. The molecule has 0 radical (unpaired) electrons. The number of carbonyl (C=O) groups excluding carboxylic acids is 1. The van der Waals surface area contributed by atoms with E-state index < -0.39 is 0 Å². The summed E-state index contributed by atoms with van der Waals surface area (Å²) in [7, 11) is 1.64. The highest BCUT2D eigenvalue weighted by Gasteiger charge is 2.04. The predicted octanol–water partition coefficient (Wildman–Crippen LogP) is 3.36. The summed E-state index contributed by atoms with van der Waals surface area (Å²) < 4.78 is 7.23. The van der Waals surface area contributed by atoms with E-state index >= 15 is 0 Å². The smallest absolute Gasteiger partial charge is 0.222 e. The first-order chi connectivity index (χ1) is 11.3. The van der Waals surface area contributed by atoms with Gasteiger partial charge >= 0.3 is 0 Å². The third-order valence-corrected chi connectivity index (χ3v) is 3.91. The maximum atomic E-state index is 12.0. The van der Waals surface area contributed by atoms with Crippen molar-refractivity contribution in [1.82, 2.24) is 9.88 Å². The van der Waals surface area contributed by atoms with Gasteiger partial charge in [-0.15, -0.1) is 0 Å². The number of hydrogen-bond acceptors (Lipinski definition) is 2. The number of nitrogens with one attached hydrogen (secondary N) is 1. The van der Waals surface area contributed by atoms with Gasteiger partial charge in [-0.25, -0.2) is 0 Å². The lowest BCUT2D eigenvalue weighted by Crippen LogP contribution is -2.23. The molecule has 3 aromatic rings. The van der Waals surface area contributed by atoms with Gasteiger partial charge in [0.1, 0.15) is 5.75 Å². The lowest BCUT2D eigenvalue weighted by molar-refractivity contribution is -0.121. The molecule has 3 rings (SSSR count). The molecule has 2 aromatic carbocycles. The number of nitrogens with zero attached hydrogens (tertiary/aromatic N) is 1. The van der Waals surface area contributed by atoms with Crippen LogP contribution in [0.15, 0.2) is 60.8 Å². The maximum Gasteiger partial charge on any atom is 0.222 e. The topological polar surface area (TPSA) is 43.3 Å². The van der Waals surface area contributed by atoms with Crippen molar-refractivity contribution < 1.29 is 9.53 Å². The number of aryl methyl sites for hydroxylation is 1. The van der Waals surface area contributed by atoms with E-state index in [9.17, 15) is 4.79 Å². The van der Waals surface area contributed by atoms with Gasteiger partial charge in [0.05, 0.1) is 7.11 Å². The van der Waals surface area contributed by atoms with Crippen LogP contribution in [0.4, 0.5) is 0 Å². The van der Waals surface area contributed by atoms with Crippen LogP contribution in [-0.4, -0.2) is 17.6 Å². The largest absolute Gasteiger partial charge is 0.497 e. The third-order valence-electron chi connectivity index (χ3n) is 3.91. The quantitative estimate of drug-likeness (QED) is 0.759. The van der Waals surface area contributed by atoms with E-state index in [1.54, 1.807) is 7.11 Å². The molecule has 118 valence electrons. The monoisotopic (exact) mass is 308 g/mol. The van der Waals surface area contributed by atoms with Crippen LogP contribution in [0.3, 0.4) is 0 Å². The Labute approximate surface area is 135 Å². The van der Waals surface area contributed by atoms with Crippen molar-refractivity contribution in [3.8, 4) is 5.75 Å². The van der Waals surface area contributed by atoms with Crippen LogP contribution in [0.2, 0.25) is 0 Å². The van der Waals surface area contributed by atoms with Crippen molar-refractivity contribution >= 4 is 16.8 Å². The summed E-state index contributed by atoms with van der Waals surface area (Å²) in [5, 5.41) is 4.15. The fraction of sp³-hybridized carbons (Fsp3) is 0.211. The van der Waals surface area contributed by atoms with Gasteiger partial charge in [0, 0.05) is 31.2 Å². The first-order valence-electron chi connectivity index (χ1n) is 7.70. The van der Waals surface area contributed by atoms with Crippen LogP contribution < -0.4 is 10.1 Å². The summed E-state index contributed by atoms with van der Waals surface area (Å²) in [6.45, 7) is 1.22. The van der Waals surface area contributed by atoms with Crippen LogP contribution in [-0.2, 0) is 17.9 Å². The molecule has 0 saturated carbocycles. The molecule has 1 heterocycles. The summed E-state index contributed by atoms with van der Waals surface area (Å²) in [5.41, 5.74) is 2.22. The molecule has 1 N–H and O–H groups in total. The minimum Gasteiger partial charge on any atom is -0.497 e. The minimum absolute atomic E-state index is 0.0543. The average Bonchev–Trinajstić information content (AvgIpc) is 3.02. The van der Waals surface area contributed by atoms with E-state index in [0.717, 1.165) is 16.8 Å². The summed E-state index contributed by atoms with van der Waals surface area (Å²) in [6.07, 6.45) is 2.50. The van der Waals surface area contributed by atoms with Gasteiger partial charge in [-0.3, -0.25) is 4.79 Å². The molecule has 23 heavy (non-hydrogen) atoms. The number of methoxy groups -OCH3 is 1. The van der Waals surface area contributed by atoms with Gasteiger partial charge in [-0.1, -0.05) is 30.3 Å². The molecule has 0 fully saturated rings. The Morgan fingerprint density at radius 3 is 2.65 bits per heavy atom. The van der Waals surface area contributed by atoms with Crippen molar-refractivity contribution in [2.45, 2.75) is 19.5 Å². The highest BCUT2D eigenvalue weighted by Crippen LogP contribution is 2.15. The van der Waals surface area contributed by atoms with E-state index in [-0.39, 0.29) is 5.91 Å². The van der Waals surface area contributed by atoms with Crippen LogP contribution >= 0.6 is 0 Å². The summed E-state index contributed by atoms with van der Waals surface area (Å²) in [4.78, 5) is 12.0. The number of benzene rings is 2. The number of hydrogen-bond donors (Lipinski definition) is 1. The molecule has 4 nitrogen and oxygen atoms in total. The van der Waals surface area contributed by atoms with E-state index in [4.69, 9.17) is 4.74 Å². The summed E-state index contributed by atoms with van der Waals surface area (Å²) in [6, 6.07) is 18.0. The zero-order chi connectivity index (χ0) is 16.1. The Morgan fingerprint density at radius 2 is 1.87 bits per heavy atom. The fourth-order valence-corrected chi connectivity index (χ4v) is 2.59. The number of carbonyl (C=O) groups is 1. The molecule has 0 aliphatic heterocycles. The highest BCUT2D eigenvalue weighted by atomic mass is 16.5. The predicted molar refractivity (Wildman–Crippen MR) is 91.4 cm³/mol. The van der Waals surface area contributed by atoms with Crippen LogP contribution in [0.25, 0.3) is 10.9 Å². The van der Waals surface area contributed by atoms with Crippen LogP contribution in [0.5, 0.6) is 5.75 Å². The first kappa shape index (κ1) is 15.2. The second-order valence-corrected chi connectivity index (χ2v) is 5.44. The maximum absolute atomic E-state index is 12.0. The zero-order valence-corrected chi connectivity index (χ0v) is 13.2. The SMILES string of the molecule is COc1ccc(CNC(=O)CCn2ccc3ccccc32)cc1. The van der Waals surface area contributed by atoms with Gasteiger partial charge in [0.25, 0.3) is 0 Å². The lowest BCUT2D eigenvalue weighted by Gasteiger charge is -2.08. The van der Waals surface area contributed by atoms with Crippen molar-refractivity contribution in [2.75, 3.05) is 7.11 Å². The van der Waals surface area contributed by atoms with Crippen molar-refractivity contribution in [3.63, 3.8) is 0 Å². The van der Waals surface area contributed by atoms with Crippen molar-refractivity contribution in [3.05, 3.63) is 66.4 Å². The number of ether oxygens (including phenoxy) is 1.